The maximum atomic E-state index is 2.48. The van der Waals surface area contributed by atoms with Gasteiger partial charge in [0.1, 0.15) is 0 Å². The first-order chi connectivity index (χ1) is 10.6. The molecule has 0 amide bonds. The third kappa shape index (κ3) is 2.10. The van der Waals surface area contributed by atoms with E-state index in [4.69, 9.17) is 0 Å². The Morgan fingerprint density at radius 1 is 0.955 bits per heavy atom. The lowest BCUT2D eigenvalue weighted by atomic mass is 9.74. The summed E-state index contributed by atoms with van der Waals surface area (Å²) in [5.41, 5.74) is 7.32. The van der Waals surface area contributed by atoms with Crippen LogP contribution in [0.1, 0.15) is 31.4 Å². The molecule has 22 heavy (non-hydrogen) atoms. The Bertz CT molecular complexity index is 794. The van der Waals surface area contributed by atoms with E-state index in [1.165, 1.54) is 37.8 Å². The van der Waals surface area contributed by atoms with Crippen molar-refractivity contribution in [1.82, 2.24) is 0 Å². The van der Waals surface area contributed by atoms with Gasteiger partial charge in [0, 0.05) is 0 Å². The maximum Gasteiger partial charge on any atom is -0.00189 e. The number of rotatable bonds is 1. The SMILES string of the molecule is CC1(C)c2cc(-c3ccccc3)ccc2C2=CC=C(I)CC21. The van der Waals surface area contributed by atoms with Gasteiger partial charge in [-0.2, -0.15) is 0 Å². The minimum atomic E-state index is 0.205. The molecule has 1 heteroatoms. The van der Waals surface area contributed by atoms with Crippen molar-refractivity contribution in [3.63, 3.8) is 0 Å². The predicted molar refractivity (Wildman–Crippen MR) is 103 cm³/mol. The van der Waals surface area contributed by atoms with Gasteiger partial charge in [-0.25, -0.2) is 0 Å². The van der Waals surface area contributed by atoms with Crippen LogP contribution < -0.4 is 0 Å². The number of allylic oxidation sites excluding steroid dienone is 4. The Morgan fingerprint density at radius 3 is 2.50 bits per heavy atom. The van der Waals surface area contributed by atoms with Crippen LogP contribution in [0.3, 0.4) is 0 Å². The van der Waals surface area contributed by atoms with Gasteiger partial charge in [-0.05, 0) is 77.8 Å². The summed E-state index contributed by atoms with van der Waals surface area (Å²) >= 11 is 2.48. The van der Waals surface area contributed by atoms with E-state index in [-0.39, 0.29) is 5.41 Å². The summed E-state index contributed by atoms with van der Waals surface area (Å²) in [5.74, 6) is 0.616. The second-order valence-electron chi connectivity index (χ2n) is 6.84. The smallest absolute Gasteiger partial charge is 0.00189 e. The molecule has 1 atom stereocenters. The molecule has 0 N–H and O–H groups in total. The molecule has 2 aromatic carbocycles. The summed E-state index contributed by atoms with van der Waals surface area (Å²) in [4.78, 5) is 0. The van der Waals surface area contributed by atoms with Crippen LogP contribution in [0.2, 0.25) is 0 Å². The highest BCUT2D eigenvalue weighted by Gasteiger charge is 2.43. The first-order valence-electron chi connectivity index (χ1n) is 7.84. The second kappa shape index (κ2) is 5.09. The molecule has 0 radical (unpaired) electrons. The normalized spacial score (nSPS) is 21.7. The van der Waals surface area contributed by atoms with Crippen LogP contribution in [-0.4, -0.2) is 0 Å². The Labute approximate surface area is 146 Å². The summed E-state index contributed by atoms with van der Waals surface area (Å²) in [7, 11) is 0. The zero-order valence-corrected chi connectivity index (χ0v) is 15.1. The maximum absolute atomic E-state index is 2.48. The number of benzene rings is 2. The average Bonchev–Trinajstić information content (AvgIpc) is 2.76. The lowest BCUT2D eigenvalue weighted by Crippen LogP contribution is -2.24. The number of hydrogen-bond donors (Lipinski definition) is 0. The van der Waals surface area contributed by atoms with Gasteiger partial charge in [0.15, 0.2) is 0 Å². The first-order valence-corrected chi connectivity index (χ1v) is 8.92. The molecule has 0 spiro atoms. The Kier molecular flexibility index (Phi) is 3.30. The second-order valence-corrected chi connectivity index (χ2v) is 8.23. The van der Waals surface area contributed by atoms with Gasteiger partial charge in [-0.3, -0.25) is 0 Å². The van der Waals surface area contributed by atoms with E-state index in [9.17, 15) is 0 Å². The molecule has 0 nitrogen and oxygen atoms in total. The summed E-state index contributed by atoms with van der Waals surface area (Å²) in [6.07, 6.45) is 5.79. The third-order valence-electron chi connectivity index (χ3n) is 5.22. The molecule has 0 fully saturated rings. The Morgan fingerprint density at radius 2 is 1.73 bits per heavy atom. The summed E-state index contributed by atoms with van der Waals surface area (Å²) in [6.45, 7) is 4.81. The monoisotopic (exact) mass is 398 g/mol. The van der Waals surface area contributed by atoms with Crippen molar-refractivity contribution in [3.05, 3.63) is 75.4 Å². The van der Waals surface area contributed by atoms with E-state index in [1.807, 2.05) is 0 Å². The molecule has 0 saturated heterocycles. The van der Waals surface area contributed by atoms with Crippen molar-refractivity contribution < 1.29 is 0 Å². The fourth-order valence-electron chi connectivity index (χ4n) is 3.92. The van der Waals surface area contributed by atoms with Gasteiger partial charge < -0.3 is 0 Å². The van der Waals surface area contributed by atoms with Gasteiger partial charge in [0.25, 0.3) is 0 Å². The highest BCUT2D eigenvalue weighted by atomic mass is 127. The fraction of sp³-hybridized carbons (Fsp3) is 0.238. The number of hydrogen-bond acceptors (Lipinski definition) is 0. The Balaban J connectivity index is 1.88. The lowest BCUT2D eigenvalue weighted by molar-refractivity contribution is 0.414. The largest absolute Gasteiger partial charge is 0.0622 e. The van der Waals surface area contributed by atoms with E-state index < -0.39 is 0 Å². The molecule has 2 aliphatic rings. The standard InChI is InChI=1S/C21H19I/c1-21(2)19-12-15(14-6-4-3-5-7-14)8-10-17(19)18-11-9-16(22)13-20(18)21/h3-12,20H,13H2,1-2H3. The van der Waals surface area contributed by atoms with Crippen molar-refractivity contribution in [1.29, 1.82) is 0 Å². The number of fused-ring (bicyclic) bond motifs is 3. The molecule has 0 heterocycles. The molecule has 2 aliphatic carbocycles. The quantitative estimate of drug-likeness (QED) is 0.490. The van der Waals surface area contributed by atoms with Crippen molar-refractivity contribution in [2.24, 2.45) is 5.92 Å². The summed E-state index contributed by atoms with van der Waals surface area (Å²) in [6, 6.07) is 17.7. The number of halogens is 1. The van der Waals surface area contributed by atoms with Crippen LogP contribution in [0.4, 0.5) is 0 Å². The molecule has 1 unspecified atom stereocenters. The van der Waals surface area contributed by atoms with Crippen LogP contribution in [-0.2, 0) is 5.41 Å². The van der Waals surface area contributed by atoms with Crippen LogP contribution >= 0.6 is 22.6 Å². The zero-order chi connectivity index (χ0) is 15.3. The van der Waals surface area contributed by atoms with E-state index in [1.54, 1.807) is 0 Å². The molecular formula is C21H19I. The highest BCUT2D eigenvalue weighted by Crippen LogP contribution is 2.54. The highest BCUT2D eigenvalue weighted by molar-refractivity contribution is 14.1. The van der Waals surface area contributed by atoms with Crippen molar-refractivity contribution >= 4 is 28.2 Å². The van der Waals surface area contributed by atoms with Gasteiger partial charge in [-0.15, -0.1) is 0 Å². The Hall–Kier alpha value is -1.35. The first kappa shape index (κ1) is 14.3. The van der Waals surface area contributed by atoms with Gasteiger partial charge in [-0.1, -0.05) is 68.5 Å². The van der Waals surface area contributed by atoms with Crippen LogP contribution in [0.5, 0.6) is 0 Å². The van der Waals surface area contributed by atoms with Gasteiger partial charge in [0.05, 0.1) is 0 Å². The summed E-state index contributed by atoms with van der Waals surface area (Å²) < 4.78 is 1.47. The topological polar surface area (TPSA) is 0 Å². The molecule has 0 bridgehead atoms. The lowest BCUT2D eigenvalue weighted by Gasteiger charge is -2.30. The molecule has 0 aromatic heterocycles. The fourth-order valence-corrected chi connectivity index (χ4v) is 4.54. The minimum absolute atomic E-state index is 0.205. The van der Waals surface area contributed by atoms with Crippen LogP contribution in [0, 0.1) is 5.92 Å². The van der Waals surface area contributed by atoms with Crippen molar-refractivity contribution in [3.8, 4) is 11.1 Å². The molecule has 4 rings (SSSR count). The molecular weight excluding hydrogens is 379 g/mol. The van der Waals surface area contributed by atoms with Crippen molar-refractivity contribution in [2.45, 2.75) is 25.7 Å². The predicted octanol–water partition coefficient (Wildman–Crippen LogP) is 6.37. The van der Waals surface area contributed by atoms with E-state index in [2.05, 4.69) is 97.1 Å². The molecule has 0 aliphatic heterocycles. The molecule has 0 saturated carbocycles. The van der Waals surface area contributed by atoms with Crippen LogP contribution in [0.25, 0.3) is 16.7 Å². The van der Waals surface area contributed by atoms with Gasteiger partial charge >= 0.3 is 0 Å². The average molecular weight is 398 g/mol. The van der Waals surface area contributed by atoms with E-state index in [0.717, 1.165) is 0 Å². The zero-order valence-electron chi connectivity index (χ0n) is 12.9. The molecule has 110 valence electrons. The third-order valence-corrected chi connectivity index (χ3v) is 6.02. The molecule has 2 aromatic rings. The van der Waals surface area contributed by atoms with Gasteiger partial charge in [0.2, 0.25) is 0 Å². The van der Waals surface area contributed by atoms with Crippen LogP contribution in [0.15, 0.2) is 64.3 Å². The minimum Gasteiger partial charge on any atom is -0.0622 e. The summed E-state index contributed by atoms with van der Waals surface area (Å²) in [5, 5.41) is 0. The van der Waals surface area contributed by atoms with Crippen molar-refractivity contribution in [2.75, 3.05) is 0 Å². The van der Waals surface area contributed by atoms with E-state index in [0.29, 0.717) is 5.92 Å². The van der Waals surface area contributed by atoms with E-state index >= 15 is 0 Å².